The summed E-state index contributed by atoms with van der Waals surface area (Å²) in [7, 11) is -3.97. The molecule has 104 valence electrons. The van der Waals surface area contributed by atoms with Crippen LogP contribution in [0.2, 0.25) is 0 Å². The molecule has 1 N–H and O–H groups in total. The van der Waals surface area contributed by atoms with Crippen LogP contribution >= 0.6 is 0 Å². The van der Waals surface area contributed by atoms with Crippen LogP contribution in [0.15, 0.2) is 23.1 Å². The normalized spacial score (nSPS) is 17.3. The number of benzene rings is 1. The molecule has 0 unspecified atom stereocenters. The molecular formula is C10H12FN3O4S. The van der Waals surface area contributed by atoms with Gasteiger partial charge in [-0.15, -0.1) is 0 Å². The van der Waals surface area contributed by atoms with Crippen molar-refractivity contribution in [1.29, 1.82) is 0 Å². The van der Waals surface area contributed by atoms with Gasteiger partial charge in [-0.3, -0.25) is 10.1 Å². The smallest absolute Gasteiger partial charge is 0.292 e. The molecule has 1 fully saturated rings. The van der Waals surface area contributed by atoms with Crippen molar-refractivity contribution in [2.45, 2.75) is 4.90 Å². The number of hydrogen-bond acceptors (Lipinski definition) is 5. The minimum atomic E-state index is -3.97. The van der Waals surface area contributed by atoms with Gasteiger partial charge in [0.15, 0.2) is 4.90 Å². The molecule has 1 saturated heterocycles. The summed E-state index contributed by atoms with van der Waals surface area (Å²) < 4.78 is 38.8. The maximum Gasteiger partial charge on any atom is 0.292 e. The third-order valence-corrected chi connectivity index (χ3v) is 4.76. The molecular weight excluding hydrogens is 277 g/mol. The van der Waals surface area contributed by atoms with Crippen molar-refractivity contribution in [2.24, 2.45) is 0 Å². The highest BCUT2D eigenvalue weighted by Gasteiger charge is 2.32. The molecule has 1 aromatic carbocycles. The first-order valence-corrected chi connectivity index (χ1v) is 7.02. The first-order chi connectivity index (χ1) is 8.93. The van der Waals surface area contributed by atoms with E-state index in [1.54, 1.807) is 0 Å². The van der Waals surface area contributed by atoms with Gasteiger partial charge in [-0.1, -0.05) is 0 Å². The van der Waals surface area contributed by atoms with Gasteiger partial charge in [-0.2, -0.15) is 4.31 Å². The van der Waals surface area contributed by atoms with E-state index < -0.39 is 31.3 Å². The van der Waals surface area contributed by atoms with Crippen LogP contribution in [0.3, 0.4) is 0 Å². The van der Waals surface area contributed by atoms with Gasteiger partial charge in [0.25, 0.3) is 5.69 Å². The lowest BCUT2D eigenvalue weighted by atomic mass is 10.3. The van der Waals surface area contributed by atoms with Gasteiger partial charge >= 0.3 is 0 Å². The fourth-order valence-electron chi connectivity index (χ4n) is 1.88. The van der Waals surface area contributed by atoms with E-state index in [1.165, 1.54) is 0 Å². The highest BCUT2D eigenvalue weighted by Crippen LogP contribution is 2.27. The van der Waals surface area contributed by atoms with Crippen molar-refractivity contribution in [3.05, 3.63) is 34.1 Å². The van der Waals surface area contributed by atoms with Gasteiger partial charge in [0.05, 0.1) is 11.0 Å². The zero-order chi connectivity index (χ0) is 14.0. The summed E-state index contributed by atoms with van der Waals surface area (Å²) in [6.07, 6.45) is 0. The second-order valence-electron chi connectivity index (χ2n) is 4.02. The SMILES string of the molecule is O=[N+]([O-])c1cc(F)ccc1S(=O)(=O)N1CCNCC1. The molecule has 0 aliphatic carbocycles. The molecule has 1 aliphatic heterocycles. The Kier molecular flexibility index (Phi) is 3.78. The molecule has 0 amide bonds. The van der Waals surface area contributed by atoms with Gasteiger partial charge in [-0.25, -0.2) is 12.8 Å². The average molecular weight is 289 g/mol. The molecule has 19 heavy (non-hydrogen) atoms. The highest BCUT2D eigenvalue weighted by molar-refractivity contribution is 7.89. The lowest BCUT2D eigenvalue weighted by molar-refractivity contribution is -0.388. The zero-order valence-corrected chi connectivity index (χ0v) is 10.7. The molecule has 1 aromatic rings. The Balaban J connectivity index is 2.48. The molecule has 2 rings (SSSR count). The first-order valence-electron chi connectivity index (χ1n) is 5.58. The number of nitrogens with one attached hydrogen (secondary N) is 1. The summed E-state index contributed by atoms with van der Waals surface area (Å²) in [6.45, 7) is 1.43. The molecule has 0 bridgehead atoms. The Morgan fingerprint density at radius 2 is 1.95 bits per heavy atom. The van der Waals surface area contributed by atoms with E-state index in [1.807, 2.05) is 0 Å². The lowest BCUT2D eigenvalue weighted by Crippen LogP contribution is -2.46. The summed E-state index contributed by atoms with van der Waals surface area (Å²) >= 11 is 0. The predicted octanol–water partition coefficient (Wildman–Crippen LogP) is 0.328. The second-order valence-corrected chi connectivity index (χ2v) is 5.93. The Morgan fingerprint density at radius 3 is 2.53 bits per heavy atom. The maximum absolute atomic E-state index is 13.0. The Labute approximate surface area is 109 Å². The van der Waals surface area contributed by atoms with Gasteiger partial charge in [-0.05, 0) is 12.1 Å². The summed E-state index contributed by atoms with van der Waals surface area (Å²) in [5.74, 6) is -0.842. The monoisotopic (exact) mass is 289 g/mol. The third-order valence-electron chi connectivity index (χ3n) is 2.81. The Bertz CT molecular complexity index is 599. The number of hydrogen-bond donors (Lipinski definition) is 1. The third kappa shape index (κ3) is 2.72. The van der Waals surface area contributed by atoms with Crippen LogP contribution in [0, 0.1) is 15.9 Å². The van der Waals surface area contributed by atoms with Gasteiger partial charge in [0.1, 0.15) is 5.82 Å². The molecule has 0 spiro atoms. The summed E-state index contributed by atoms with van der Waals surface area (Å²) in [5, 5.41) is 13.8. The van der Waals surface area contributed by atoms with Crippen LogP contribution in [0.25, 0.3) is 0 Å². The van der Waals surface area contributed by atoms with Crippen molar-refractivity contribution >= 4 is 15.7 Å². The molecule has 1 heterocycles. The molecule has 0 radical (unpaired) electrons. The van der Waals surface area contributed by atoms with E-state index in [0.29, 0.717) is 19.2 Å². The second kappa shape index (κ2) is 5.19. The van der Waals surface area contributed by atoms with Crippen molar-refractivity contribution in [2.75, 3.05) is 26.2 Å². The predicted molar refractivity (Wildman–Crippen MR) is 64.7 cm³/mol. The minimum absolute atomic E-state index is 0.233. The number of halogens is 1. The fraction of sp³-hybridized carbons (Fsp3) is 0.400. The van der Waals surface area contributed by atoms with Crippen molar-refractivity contribution in [3.63, 3.8) is 0 Å². The van der Waals surface area contributed by atoms with E-state index in [2.05, 4.69) is 5.32 Å². The van der Waals surface area contributed by atoms with E-state index >= 15 is 0 Å². The van der Waals surface area contributed by atoms with Gasteiger partial charge < -0.3 is 5.32 Å². The van der Waals surface area contributed by atoms with Gasteiger partial charge in [0, 0.05) is 26.2 Å². The topological polar surface area (TPSA) is 92.5 Å². The van der Waals surface area contributed by atoms with Crippen LogP contribution < -0.4 is 5.32 Å². The van der Waals surface area contributed by atoms with E-state index in [4.69, 9.17) is 0 Å². The van der Waals surface area contributed by atoms with E-state index in [0.717, 1.165) is 16.4 Å². The first kappa shape index (κ1) is 13.8. The average Bonchev–Trinajstić information content (AvgIpc) is 2.39. The van der Waals surface area contributed by atoms with Crippen LogP contribution in [-0.4, -0.2) is 43.8 Å². The molecule has 0 atom stereocenters. The quantitative estimate of drug-likeness (QED) is 0.639. The lowest BCUT2D eigenvalue weighted by Gasteiger charge is -2.26. The van der Waals surface area contributed by atoms with Crippen LogP contribution in [-0.2, 0) is 10.0 Å². The van der Waals surface area contributed by atoms with E-state index in [-0.39, 0.29) is 13.1 Å². The highest BCUT2D eigenvalue weighted by atomic mass is 32.2. The number of piperazine rings is 1. The van der Waals surface area contributed by atoms with Crippen molar-refractivity contribution in [1.82, 2.24) is 9.62 Å². The summed E-state index contributed by atoms with van der Waals surface area (Å²) in [6, 6.07) is 2.46. The number of sulfonamides is 1. The maximum atomic E-state index is 13.0. The molecule has 9 heteroatoms. The zero-order valence-electron chi connectivity index (χ0n) is 9.87. The van der Waals surface area contributed by atoms with Crippen LogP contribution in [0.1, 0.15) is 0 Å². The van der Waals surface area contributed by atoms with E-state index in [9.17, 15) is 22.9 Å². The van der Waals surface area contributed by atoms with Crippen molar-refractivity contribution in [3.8, 4) is 0 Å². The largest absolute Gasteiger partial charge is 0.314 e. The molecule has 7 nitrogen and oxygen atoms in total. The van der Waals surface area contributed by atoms with Crippen molar-refractivity contribution < 1.29 is 17.7 Å². The van der Waals surface area contributed by atoms with Gasteiger partial charge in [0.2, 0.25) is 10.0 Å². The minimum Gasteiger partial charge on any atom is -0.314 e. The van der Waals surface area contributed by atoms with Crippen LogP contribution in [0.5, 0.6) is 0 Å². The summed E-state index contributed by atoms with van der Waals surface area (Å²) in [4.78, 5) is 9.48. The Hall–Kier alpha value is -1.58. The Morgan fingerprint density at radius 1 is 1.32 bits per heavy atom. The molecule has 0 saturated carbocycles. The fourth-order valence-corrected chi connectivity index (χ4v) is 3.45. The number of nitro groups is 1. The van der Waals surface area contributed by atoms with Crippen LogP contribution in [0.4, 0.5) is 10.1 Å². The molecule has 0 aromatic heterocycles. The number of nitro benzene ring substituents is 1. The number of nitrogens with zero attached hydrogens (tertiary/aromatic N) is 2. The standard InChI is InChI=1S/C10H12FN3O4S/c11-8-1-2-10(9(7-8)14(15)16)19(17,18)13-5-3-12-4-6-13/h1-2,7,12H,3-6H2. The summed E-state index contributed by atoms with van der Waals surface area (Å²) in [5.41, 5.74) is -0.737. The molecule has 1 aliphatic rings. The number of rotatable bonds is 3.